The first-order valence-electron chi connectivity index (χ1n) is 8.21. The van der Waals surface area contributed by atoms with Crippen LogP contribution in [0.5, 0.6) is 0 Å². The molecule has 0 saturated carbocycles. The molecule has 0 aliphatic carbocycles. The van der Waals surface area contributed by atoms with E-state index < -0.39 is 15.9 Å². The van der Waals surface area contributed by atoms with E-state index in [0.717, 1.165) is 5.56 Å². The van der Waals surface area contributed by atoms with E-state index in [4.69, 9.17) is 4.52 Å². The Morgan fingerprint density at radius 2 is 1.78 bits per heavy atom. The van der Waals surface area contributed by atoms with Gasteiger partial charge in [0, 0.05) is 25.2 Å². The summed E-state index contributed by atoms with van der Waals surface area (Å²) in [4.78, 5) is 12.3. The Kier molecular flexibility index (Phi) is 5.38. The van der Waals surface area contributed by atoms with Crippen molar-refractivity contribution in [2.75, 3.05) is 12.4 Å². The first kappa shape index (κ1) is 18.8. The monoisotopic (exact) mass is 385 g/mol. The number of carbonyl (C=O) groups is 1. The predicted molar refractivity (Wildman–Crippen MR) is 101 cm³/mol. The third-order valence-corrected chi connectivity index (χ3v) is 5.76. The standard InChI is InChI=1S/C19H19N3O4S/c1-14-12-18(26-21-14)20-19(23)16-8-10-17(11-9-16)27(24,25)22(2)13-15-6-4-3-5-7-15/h3-12H,13H2,1-2H3,(H,20,23). The molecule has 1 amide bonds. The lowest BCUT2D eigenvalue weighted by molar-refractivity contribution is 0.102. The number of aromatic nitrogens is 1. The van der Waals surface area contributed by atoms with E-state index in [9.17, 15) is 13.2 Å². The lowest BCUT2D eigenvalue weighted by Gasteiger charge is -2.17. The molecular formula is C19H19N3O4S. The van der Waals surface area contributed by atoms with Gasteiger partial charge in [0.1, 0.15) is 0 Å². The molecule has 0 spiro atoms. The molecule has 1 N–H and O–H groups in total. The number of nitrogens with one attached hydrogen (secondary N) is 1. The number of aryl methyl sites for hydroxylation is 1. The van der Waals surface area contributed by atoms with Crippen LogP contribution in [0.25, 0.3) is 0 Å². The van der Waals surface area contributed by atoms with Crippen LogP contribution in [0, 0.1) is 6.92 Å². The molecule has 0 fully saturated rings. The van der Waals surface area contributed by atoms with E-state index in [0.29, 0.717) is 11.3 Å². The van der Waals surface area contributed by atoms with Crippen LogP contribution in [-0.4, -0.2) is 30.8 Å². The van der Waals surface area contributed by atoms with Gasteiger partial charge in [0.2, 0.25) is 15.9 Å². The second-order valence-corrected chi connectivity index (χ2v) is 8.10. The maximum Gasteiger partial charge on any atom is 0.258 e. The lowest BCUT2D eigenvalue weighted by Crippen LogP contribution is -2.26. The van der Waals surface area contributed by atoms with Gasteiger partial charge in [0.15, 0.2) is 0 Å². The fraction of sp³-hybridized carbons (Fsp3) is 0.158. The van der Waals surface area contributed by atoms with Crippen molar-refractivity contribution < 1.29 is 17.7 Å². The summed E-state index contributed by atoms with van der Waals surface area (Å²) in [6, 6.07) is 16.7. The van der Waals surface area contributed by atoms with Crippen LogP contribution in [0.15, 0.2) is 70.1 Å². The molecule has 0 radical (unpaired) electrons. The highest BCUT2D eigenvalue weighted by atomic mass is 32.2. The molecule has 0 aliphatic rings. The van der Waals surface area contributed by atoms with Crippen molar-refractivity contribution in [3.63, 3.8) is 0 Å². The molecule has 0 aliphatic heterocycles. The van der Waals surface area contributed by atoms with Crippen molar-refractivity contribution in [2.45, 2.75) is 18.4 Å². The molecule has 2 aromatic carbocycles. The van der Waals surface area contributed by atoms with Gasteiger partial charge in [-0.25, -0.2) is 8.42 Å². The largest absolute Gasteiger partial charge is 0.338 e. The minimum absolute atomic E-state index is 0.119. The summed E-state index contributed by atoms with van der Waals surface area (Å²) < 4.78 is 31.6. The summed E-state index contributed by atoms with van der Waals surface area (Å²) >= 11 is 0. The van der Waals surface area contributed by atoms with E-state index >= 15 is 0 Å². The van der Waals surface area contributed by atoms with Crippen LogP contribution in [0.3, 0.4) is 0 Å². The van der Waals surface area contributed by atoms with Crippen molar-refractivity contribution in [1.82, 2.24) is 9.46 Å². The molecule has 8 heteroatoms. The third-order valence-electron chi connectivity index (χ3n) is 3.94. The quantitative estimate of drug-likeness (QED) is 0.704. The summed E-state index contributed by atoms with van der Waals surface area (Å²) in [6.07, 6.45) is 0. The average molecular weight is 385 g/mol. The molecule has 0 unspecified atom stereocenters. The molecule has 0 saturated heterocycles. The van der Waals surface area contributed by atoms with Crippen LogP contribution in [0.2, 0.25) is 0 Å². The van der Waals surface area contributed by atoms with Crippen molar-refractivity contribution in [3.05, 3.63) is 77.5 Å². The van der Waals surface area contributed by atoms with Gasteiger partial charge in [0.25, 0.3) is 5.91 Å². The van der Waals surface area contributed by atoms with Gasteiger partial charge in [-0.05, 0) is 36.8 Å². The van der Waals surface area contributed by atoms with Crippen LogP contribution < -0.4 is 5.32 Å². The fourth-order valence-corrected chi connectivity index (χ4v) is 3.65. The van der Waals surface area contributed by atoms with Crippen LogP contribution in [0.1, 0.15) is 21.6 Å². The number of nitrogens with zero attached hydrogens (tertiary/aromatic N) is 2. The highest BCUT2D eigenvalue weighted by Gasteiger charge is 2.21. The van der Waals surface area contributed by atoms with Gasteiger partial charge in [0.05, 0.1) is 10.6 Å². The van der Waals surface area contributed by atoms with E-state index in [2.05, 4.69) is 10.5 Å². The molecule has 140 valence electrons. The number of carbonyl (C=O) groups excluding carboxylic acids is 1. The normalized spacial score (nSPS) is 11.5. The Balaban J connectivity index is 1.72. The summed E-state index contributed by atoms with van der Waals surface area (Å²) in [5, 5.41) is 6.25. The number of anilines is 1. The molecule has 7 nitrogen and oxygen atoms in total. The number of sulfonamides is 1. The number of hydrogen-bond acceptors (Lipinski definition) is 5. The maximum atomic E-state index is 12.7. The minimum Gasteiger partial charge on any atom is -0.338 e. The number of amides is 1. The second-order valence-electron chi connectivity index (χ2n) is 6.06. The Bertz CT molecular complexity index is 1030. The van der Waals surface area contributed by atoms with Crippen LogP contribution in [0.4, 0.5) is 5.88 Å². The van der Waals surface area contributed by atoms with Gasteiger partial charge >= 0.3 is 0 Å². The van der Waals surface area contributed by atoms with Gasteiger partial charge in [-0.1, -0.05) is 35.5 Å². The van der Waals surface area contributed by atoms with E-state index in [1.54, 1.807) is 13.0 Å². The number of rotatable bonds is 6. The molecule has 27 heavy (non-hydrogen) atoms. The molecule has 0 bridgehead atoms. The minimum atomic E-state index is -3.66. The Hall–Kier alpha value is -2.97. The third kappa shape index (κ3) is 4.42. The Morgan fingerprint density at radius 1 is 1.11 bits per heavy atom. The molecule has 0 atom stereocenters. The molecule has 1 heterocycles. The van der Waals surface area contributed by atoms with Gasteiger partial charge in [-0.15, -0.1) is 0 Å². The maximum absolute atomic E-state index is 12.7. The zero-order valence-electron chi connectivity index (χ0n) is 14.9. The smallest absolute Gasteiger partial charge is 0.258 e. The zero-order valence-corrected chi connectivity index (χ0v) is 15.7. The van der Waals surface area contributed by atoms with Crippen LogP contribution in [-0.2, 0) is 16.6 Å². The number of hydrogen-bond donors (Lipinski definition) is 1. The van der Waals surface area contributed by atoms with Crippen molar-refractivity contribution >= 4 is 21.8 Å². The first-order valence-corrected chi connectivity index (χ1v) is 9.65. The van der Waals surface area contributed by atoms with Gasteiger partial charge in [-0.2, -0.15) is 4.31 Å². The molecule has 3 rings (SSSR count). The molecule has 3 aromatic rings. The SMILES string of the molecule is Cc1cc(NC(=O)c2ccc(S(=O)(=O)N(C)Cc3ccccc3)cc2)on1. The van der Waals surface area contributed by atoms with E-state index in [1.807, 2.05) is 30.3 Å². The molecule has 1 aromatic heterocycles. The molecular weight excluding hydrogens is 366 g/mol. The predicted octanol–water partition coefficient (Wildman–Crippen LogP) is 3.06. The second kappa shape index (κ2) is 7.73. The zero-order chi connectivity index (χ0) is 19.4. The van der Waals surface area contributed by atoms with Crippen molar-refractivity contribution in [2.24, 2.45) is 0 Å². The van der Waals surface area contributed by atoms with Gasteiger partial charge in [-0.3, -0.25) is 10.1 Å². The summed E-state index contributed by atoms with van der Waals surface area (Å²) in [5.74, 6) is -0.176. The highest BCUT2D eigenvalue weighted by molar-refractivity contribution is 7.89. The van der Waals surface area contributed by atoms with Gasteiger partial charge < -0.3 is 4.52 Å². The summed E-state index contributed by atoms with van der Waals surface area (Å²) in [7, 11) is -2.14. The lowest BCUT2D eigenvalue weighted by atomic mass is 10.2. The Labute approximate surface area is 157 Å². The van der Waals surface area contributed by atoms with E-state index in [-0.39, 0.29) is 17.3 Å². The van der Waals surface area contributed by atoms with Crippen LogP contribution >= 0.6 is 0 Å². The average Bonchev–Trinajstić information content (AvgIpc) is 3.07. The number of benzene rings is 2. The van der Waals surface area contributed by atoms with Crippen molar-refractivity contribution in [3.8, 4) is 0 Å². The fourth-order valence-electron chi connectivity index (χ4n) is 2.49. The topological polar surface area (TPSA) is 92.5 Å². The summed E-state index contributed by atoms with van der Waals surface area (Å²) in [5.41, 5.74) is 1.85. The highest BCUT2D eigenvalue weighted by Crippen LogP contribution is 2.18. The van der Waals surface area contributed by atoms with Crippen molar-refractivity contribution in [1.29, 1.82) is 0 Å². The Morgan fingerprint density at radius 3 is 2.37 bits per heavy atom. The summed E-state index contributed by atoms with van der Waals surface area (Å²) in [6.45, 7) is 2.00. The van der Waals surface area contributed by atoms with E-state index in [1.165, 1.54) is 35.6 Å². The first-order chi connectivity index (χ1) is 12.9.